The fraction of sp³-hybridized carbons (Fsp3) is 0.545. The van der Waals surface area contributed by atoms with Crippen molar-refractivity contribution >= 4 is 21.6 Å². The van der Waals surface area contributed by atoms with E-state index in [0.29, 0.717) is 0 Å². The van der Waals surface area contributed by atoms with Crippen molar-refractivity contribution in [3.8, 4) is 0 Å². The van der Waals surface area contributed by atoms with Crippen molar-refractivity contribution in [2.75, 3.05) is 24.5 Å². The summed E-state index contributed by atoms with van der Waals surface area (Å²) in [6.07, 6.45) is 5.82. The molecule has 0 bridgehead atoms. The summed E-state index contributed by atoms with van der Waals surface area (Å²) in [6, 6.07) is 2.04. The average molecular weight is 272 g/mol. The van der Waals surface area contributed by atoms with Crippen LogP contribution in [0.25, 0.3) is 0 Å². The minimum absolute atomic E-state index is 0.739. The van der Waals surface area contributed by atoms with E-state index in [1.54, 1.807) is 0 Å². The highest BCUT2D eigenvalue weighted by Gasteiger charge is 2.07. The zero-order valence-corrected chi connectivity index (χ0v) is 10.7. The lowest BCUT2D eigenvalue weighted by Crippen LogP contribution is -2.27. The molecule has 84 valence electrons. The number of nitrogens with zero attached hydrogens (tertiary/aromatic N) is 2. The summed E-state index contributed by atoms with van der Waals surface area (Å²) in [7, 11) is 0. The highest BCUT2D eigenvalue weighted by atomic mass is 79.9. The number of rotatable bonds is 6. The van der Waals surface area contributed by atoms with Gasteiger partial charge in [0.1, 0.15) is 0 Å². The second-order valence-corrected chi connectivity index (χ2v) is 4.31. The van der Waals surface area contributed by atoms with Gasteiger partial charge in [-0.15, -0.1) is 0 Å². The number of aromatic nitrogens is 1. The monoisotopic (exact) mass is 271 g/mol. The number of nitrogens with two attached hydrogens (primary N) is 1. The summed E-state index contributed by atoms with van der Waals surface area (Å²) in [5.41, 5.74) is 6.75. The fourth-order valence-electron chi connectivity index (χ4n) is 1.53. The lowest BCUT2D eigenvalue weighted by atomic mass is 10.3. The van der Waals surface area contributed by atoms with Gasteiger partial charge in [-0.3, -0.25) is 4.98 Å². The molecule has 3 nitrogen and oxygen atoms in total. The second-order valence-electron chi connectivity index (χ2n) is 3.46. The maximum Gasteiger partial charge on any atom is 0.0592 e. The molecule has 0 aliphatic rings. The molecule has 0 aliphatic carbocycles. The first-order valence-corrected chi connectivity index (χ1v) is 6.13. The molecule has 1 aromatic rings. The van der Waals surface area contributed by atoms with Crippen LogP contribution in [0.1, 0.15) is 19.8 Å². The summed E-state index contributed by atoms with van der Waals surface area (Å²) in [4.78, 5) is 6.42. The summed E-state index contributed by atoms with van der Waals surface area (Å²) < 4.78 is 1.05. The Labute approximate surface area is 99.8 Å². The molecule has 0 saturated carbocycles. The van der Waals surface area contributed by atoms with Crippen LogP contribution in [0.5, 0.6) is 0 Å². The van der Waals surface area contributed by atoms with Gasteiger partial charge in [-0.2, -0.15) is 0 Å². The molecule has 0 fully saturated rings. The Morgan fingerprint density at radius 2 is 2.27 bits per heavy atom. The first kappa shape index (κ1) is 12.5. The molecule has 0 radical (unpaired) electrons. The first-order chi connectivity index (χ1) is 7.29. The Morgan fingerprint density at radius 1 is 1.47 bits per heavy atom. The van der Waals surface area contributed by atoms with Gasteiger partial charge in [-0.1, -0.05) is 6.92 Å². The quantitative estimate of drug-likeness (QED) is 0.864. The highest BCUT2D eigenvalue weighted by molar-refractivity contribution is 9.10. The van der Waals surface area contributed by atoms with Gasteiger partial charge in [0.05, 0.1) is 10.2 Å². The third-order valence-corrected chi connectivity index (χ3v) is 2.83. The molecule has 0 amide bonds. The lowest BCUT2D eigenvalue weighted by molar-refractivity contribution is 0.719. The number of anilines is 1. The van der Waals surface area contributed by atoms with Crippen LogP contribution in [0.4, 0.5) is 5.69 Å². The minimum atomic E-state index is 0.739. The van der Waals surface area contributed by atoms with Crippen molar-refractivity contribution in [3.05, 3.63) is 22.9 Å². The maximum absolute atomic E-state index is 5.54. The van der Waals surface area contributed by atoms with Crippen LogP contribution in [0.15, 0.2) is 22.9 Å². The minimum Gasteiger partial charge on any atom is -0.370 e. The summed E-state index contributed by atoms with van der Waals surface area (Å²) >= 11 is 3.52. The maximum atomic E-state index is 5.54. The van der Waals surface area contributed by atoms with Crippen molar-refractivity contribution in [3.63, 3.8) is 0 Å². The first-order valence-electron chi connectivity index (χ1n) is 5.34. The third kappa shape index (κ3) is 3.80. The summed E-state index contributed by atoms with van der Waals surface area (Å²) in [5, 5.41) is 0. The van der Waals surface area contributed by atoms with Gasteiger partial charge in [0, 0.05) is 25.5 Å². The molecule has 4 heteroatoms. The molecule has 1 heterocycles. The van der Waals surface area contributed by atoms with Gasteiger partial charge in [0.15, 0.2) is 0 Å². The zero-order valence-electron chi connectivity index (χ0n) is 9.12. The number of pyridine rings is 1. The molecule has 0 saturated heterocycles. The second kappa shape index (κ2) is 6.80. The SMILES string of the molecule is CCCN(CCCN)c1ccncc1Br. The van der Waals surface area contributed by atoms with E-state index in [1.165, 1.54) is 5.69 Å². The Balaban J connectivity index is 2.74. The smallest absolute Gasteiger partial charge is 0.0592 e. The van der Waals surface area contributed by atoms with Gasteiger partial charge in [-0.25, -0.2) is 0 Å². The van der Waals surface area contributed by atoms with E-state index in [1.807, 2.05) is 18.5 Å². The predicted octanol–water partition coefficient (Wildman–Crippen LogP) is 2.41. The summed E-state index contributed by atoms with van der Waals surface area (Å²) in [5.74, 6) is 0. The van der Waals surface area contributed by atoms with Crippen molar-refractivity contribution in [2.24, 2.45) is 5.73 Å². The van der Waals surface area contributed by atoms with Crippen LogP contribution < -0.4 is 10.6 Å². The molecule has 1 rings (SSSR count). The standard InChI is InChI=1S/C11H18BrN3/c1-2-7-15(8-3-5-13)11-4-6-14-9-10(11)12/h4,6,9H,2-3,5,7-8,13H2,1H3. The Bertz CT molecular complexity index is 291. The van der Waals surface area contributed by atoms with Crippen molar-refractivity contribution in [2.45, 2.75) is 19.8 Å². The van der Waals surface area contributed by atoms with E-state index in [-0.39, 0.29) is 0 Å². The number of hydrogen-bond acceptors (Lipinski definition) is 3. The lowest BCUT2D eigenvalue weighted by Gasteiger charge is -2.24. The average Bonchev–Trinajstić information content (AvgIpc) is 2.25. The molecule has 0 unspecified atom stereocenters. The van der Waals surface area contributed by atoms with Crippen LogP contribution >= 0.6 is 15.9 Å². The van der Waals surface area contributed by atoms with Crippen LogP contribution in [-0.4, -0.2) is 24.6 Å². The van der Waals surface area contributed by atoms with Crippen LogP contribution in [-0.2, 0) is 0 Å². The van der Waals surface area contributed by atoms with Crippen molar-refractivity contribution in [1.82, 2.24) is 4.98 Å². The van der Waals surface area contributed by atoms with Crippen LogP contribution in [0.2, 0.25) is 0 Å². The summed E-state index contributed by atoms with van der Waals surface area (Å²) in [6.45, 7) is 4.99. The molecule has 0 atom stereocenters. The van der Waals surface area contributed by atoms with E-state index in [0.717, 1.165) is 36.9 Å². The van der Waals surface area contributed by atoms with Gasteiger partial charge >= 0.3 is 0 Å². The van der Waals surface area contributed by atoms with Gasteiger partial charge < -0.3 is 10.6 Å². The molecule has 2 N–H and O–H groups in total. The van der Waals surface area contributed by atoms with Crippen LogP contribution in [0, 0.1) is 0 Å². The van der Waals surface area contributed by atoms with E-state index >= 15 is 0 Å². The molecule has 1 aromatic heterocycles. The third-order valence-electron chi connectivity index (χ3n) is 2.22. The number of halogens is 1. The number of hydrogen-bond donors (Lipinski definition) is 1. The van der Waals surface area contributed by atoms with E-state index in [4.69, 9.17) is 5.73 Å². The Morgan fingerprint density at radius 3 is 2.87 bits per heavy atom. The zero-order chi connectivity index (χ0) is 11.1. The Kier molecular flexibility index (Phi) is 5.65. The van der Waals surface area contributed by atoms with Gasteiger partial charge in [-0.05, 0) is 41.4 Å². The normalized spacial score (nSPS) is 10.3. The predicted molar refractivity (Wildman–Crippen MR) is 68.1 cm³/mol. The molecule has 15 heavy (non-hydrogen) atoms. The highest BCUT2D eigenvalue weighted by Crippen LogP contribution is 2.24. The van der Waals surface area contributed by atoms with E-state index in [9.17, 15) is 0 Å². The van der Waals surface area contributed by atoms with E-state index < -0.39 is 0 Å². The topological polar surface area (TPSA) is 42.1 Å². The molecular formula is C11H18BrN3. The molecule has 0 aliphatic heterocycles. The molecule has 0 aromatic carbocycles. The largest absolute Gasteiger partial charge is 0.370 e. The van der Waals surface area contributed by atoms with Crippen molar-refractivity contribution < 1.29 is 0 Å². The van der Waals surface area contributed by atoms with Gasteiger partial charge in [0.25, 0.3) is 0 Å². The molecule has 0 spiro atoms. The van der Waals surface area contributed by atoms with Crippen molar-refractivity contribution in [1.29, 1.82) is 0 Å². The van der Waals surface area contributed by atoms with Gasteiger partial charge in [0.2, 0.25) is 0 Å². The van der Waals surface area contributed by atoms with E-state index in [2.05, 4.69) is 32.7 Å². The van der Waals surface area contributed by atoms with Crippen LogP contribution in [0.3, 0.4) is 0 Å². The Hall–Kier alpha value is -0.610. The molecular weight excluding hydrogens is 254 g/mol. The fourth-order valence-corrected chi connectivity index (χ4v) is 2.03.